The lowest BCUT2D eigenvalue weighted by Gasteiger charge is -2.12. The number of hydrogen-bond acceptors (Lipinski definition) is 3. The van der Waals surface area contributed by atoms with Crippen molar-refractivity contribution in [3.05, 3.63) is 77.0 Å². The van der Waals surface area contributed by atoms with E-state index in [9.17, 15) is 18.0 Å². The largest absolute Gasteiger partial charge is 0.416 e. The summed E-state index contributed by atoms with van der Waals surface area (Å²) in [5.74, 6) is -0.603. The van der Waals surface area contributed by atoms with E-state index in [1.807, 2.05) is 30.3 Å². The molecule has 0 bridgehead atoms. The molecule has 1 N–H and O–H groups in total. The number of methoxy groups -OCH3 is 1. The summed E-state index contributed by atoms with van der Waals surface area (Å²) >= 11 is 0. The van der Waals surface area contributed by atoms with E-state index < -0.39 is 17.7 Å². The standard InChI is InChI=1S/C20H18F3NO2/c1-26-12-24-17-11-16(13-6-3-2-4-7-13)19(25)18(17)14-8-5-9-15(10-14)20(21,22)23/h2-10,16,24H,11-12H2,1H3. The first-order valence-electron chi connectivity index (χ1n) is 8.14. The summed E-state index contributed by atoms with van der Waals surface area (Å²) in [7, 11) is 1.50. The Morgan fingerprint density at radius 3 is 2.50 bits per heavy atom. The summed E-state index contributed by atoms with van der Waals surface area (Å²) in [5.41, 5.74) is 1.23. The van der Waals surface area contributed by atoms with Crippen molar-refractivity contribution in [3.63, 3.8) is 0 Å². The van der Waals surface area contributed by atoms with Gasteiger partial charge in [0.2, 0.25) is 0 Å². The molecular weight excluding hydrogens is 343 g/mol. The predicted octanol–water partition coefficient (Wildman–Crippen LogP) is 4.37. The fourth-order valence-electron chi connectivity index (χ4n) is 3.16. The topological polar surface area (TPSA) is 38.3 Å². The van der Waals surface area contributed by atoms with Gasteiger partial charge in [-0.15, -0.1) is 0 Å². The van der Waals surface area contributed by atoms with Gasteiger partial charge in [0.15, 0.2) is 5.78 Å². The Bertz CT molecular complexity index is 828. The number of ether oxygens (including phenoxy) is 1. The molecule has 3 rings (SSSR count). The number of benzene rings is 2. The molecule has 0 amide bonds. The molecule has 6 heteroatoms. The fourth-order valence-corrected chi connectivity index (χ4v) is 3.16. The van der Waals surface area contributed by atoms with Crippen LogP contribution in [0, 0.1) is 0 Å². The van der Waals surface area contributed by atoms with E-state index in [1.165, 1.54) is 19.2 Å². The van der Waals surface area contributed by atoms with Gasteiger partial charge in [0.25, 0.3) is 0 Å². The van der Waals surface area contributed by atoms with Crippen molar-refractivity contribution in [3.8, 4) is 0 Å². The molecular formula is C20H18F3NO2. The summed E-state index contributed by atoms with van der Waals surface area (Å²) in [6.45, 7) is 0.173. The molecule has 0 saturated heterocycles. The first kappa shape index (κ1) is 18.2. The van der Waals surface area contributed by atoms with E-state index >= 15 is 0 Å². The molecule has 136 valence electrons. The highest BCUT2D eigenvalue weighted by atomic mass is 19.4. The molecule has 0 saturated carbocycles. The molecule has 1 unspecified atom stereocenters. The highest BCUT2D eigenvalue weighted by Gasteiger charge is 2.36. The summed E-state index contributed by atoms with van der Waals surface area (Å²) in [6.07, 6.45) is -4.06. The van der Waals surface area contributed by atoms with Crippen molar-refractivity contribution in [2.75, 3.05) is 13.8 Å². The minimum atomic E-state index is -4.46. The number of Topliss-reactive ketones (excluding diaryl/α,β-unsaturated/α-hetero) is 1. The van der Waals surface area contributed by atoms with E-state index in [2.05, 4.69) is 5.32 Å². The Morgan fingerprint density at radius 2 is 1.85 bits per heavy atom. The van der Waals surface area contributed by atoms with Crippen molar-refractivity contribution in [2.45, 2.75) is 18.5 Å². The average Bonchev–Trinajstić information content (AvgIpc) is 2.96. The molecule has 0 aromatic heterocycles. The van der Waals surface area contributed by atoms with Gasteiger partial charge in [0.1, 0.15) is 6.73 Å². The Kier molecular flexibility index (Phi) is 5.13. The number of allylic oxidation sites excluding steroid dienone is 2. The molecule has 3 nitrogen and oxygen atoms in total. The van der Waals surface area contributed by atoms with Crippen LogP contribution in [0.3, 0.4) is 0 Å². The van der Waals surface area contributed by atoms with Crippen LogP contribution in [-0.4, -0.2) is 19.6 Å². The maximum Gasteiger partial charge on any atom is 0.416 e. The Labute approximate surface area is 149 Å². The van der Waals surface area contributed by atoms with Crippen molar-refractivity contribution in [1.82, 2.24) is 5.32 Å². The number of hydrogen-bond donors (Lipinski definition) is 1. The monoisotopic (exact) mass is 361 g/mol. The smallest absolute Gasteiger partial charge is 0.365 e. The summed E-state index contributed by atoms with van der Waals surface area (Å²) in [6, 6.07) is 14.1. The molecule has 1 aliphatic carbocycles. The fraction of sp³-hybridized carbons (Fsp3) is 0.250. The second kappa shape index (κ2) is 7.33. The van der Waals surface area contributed by atoms with Crippen LogP contribution in [0.15, 0.2) is 60.3 Å². The average molecular weight is 361 g/mol. The van der Waals surface area contributed by atoms with Gasteiger partial charge >= 0.3 is 6.18 Å². The first-order valence-corrected chi connectivity index (χ1v) is 8.14. The van der Waals surface area contributed by atoms with Crippen LogP contribution in [0.2, 0.25) is 0 Å². The van der Waals surface area contributed by atoms with E-state index in [0.717, 1.165) is 17.7 Å². The van der Waals surface area contributed by atoms with Gasteiger partial charge in [0, 0.05) is 24.8 Å². The second-order valence-corrected chi connectivity index (χ2v) is 6.07. The normalized spacial score (nSPS) is 17.7. The highest BCUT2D eigenvalue weighted by molar-refractivity contribution is 6.26. The maximum atomic E-state index is 13.1. The summed E-state index contributed by atoms with van der Waals surface area (Å²) in [5, 5.41) is 3.02. The van der Waals surface area contributed by atoms with Gasteiger partial charge in [-0.25, -0.2) is 0 Å². The maximum absolute atomic E-state index is 13.1. The highest BCUT2D eigenvalue weighted by Crippen LogP contribution is 2.40. The molecule has 0 fully saturated rings. The molecule has 2 aromatic rings. The molecule has 0 spiro atoms. The zero-order valence-electron chi connectivity index (χ0n) is 14.1. The van der Waals surface area contributed by atoms with Gasteiger partial charge < -0.3 is 10.1 Å². The van der Waals surface area contributed by atoms with Gasteiger partial charge in [0.05, 0.1) is 11.5 Å². The number of carbonyl (C=O) groups excluding carboxylic acids is 1. The number of rotatable bonds is 5. The van der Waals surface area contributed by atoms with Crippen molar-refractivity contribution >= 4 is 11.4 Å². The zero-order chi connectivity index (χ0) is 18.7. The minimum Gasteiger partial charge on any atom is -0.365 e. The van der Waals surface area contributed by atoms with Crippen LogP contribution in [-0.2, 0) is 15.7 Å². The van der Waals surface area contributed by atoms with E-state index in [4.69, 9.17) is 4.74 Å². The van der Waals surface area contributed by atoms with Gasteiger partial charge in [-0.3, -0.25) is 4.79 Å². The van der Waals surface area contributed by atoms with Crippen molar-refractivity contribution in [1.29, 1.82) is 0 Å². The minimum absolute atomic E-state index is 0.173. The first-order chi connectivity index (χ1) is 12.4. The second-order valence-electron chi connectivity index (χ2n) is 6.07. The van der Waals surface area contributed by atoms with Gasteiger partial charge in [-0.05, 0) is 23.3 Å². The third kappa shape index (κ3) is 3.65. The van der Waals surface area contributed by atoms with Crippen LogP contribution >= 0.6 is 0 Å². The van der Waals surface area contributed by atoms with Crippen LogP contribution in [0.5, 0.6) is 0 Å². The van der Waals surface area contributed by atoms with Gasteiger partial charge in [-0.1, -0.05) is 42.5 Å². The Hall–Kier alpha value is -2.60. The van der Waals surface area contributed by atoms with Crippen molar-refractivity contribution in [2.24, 2.45) is 0 Å². The third-order valence-electron chi connectivity index (χ3n) is 4.38. The number of alkyl halides is 3. The van der Waals surface area contributed by atoms with E-state index in [0.29, 0.717) is 17.7 Å². The molecule has 1 aliphatic rings. The number of ketones is 1. The summed E-state index contributed by atoms with van der Waals surface area (Å²) < 4.78 is 44.2. The third-order valence-corrected chi connectivity index (χ3v) is 4.38. The quantitative estimate of drug-likeness (QED) is 0.804. The zero-order valence-corrected chi connectivity index (χ0v) is 14.1. The lowest BCUT2D eigenvalue weighted by molar-refractivity contribution is -0.137. The molecule has 0 radical (unpaired) electrons. The van der Waals surface area contributed by atoms with E-state index in [-0.39, 0.29) is 18.1 Å². The molecule has 2 aromatic carbocycles. The Morgan fingerprint density at radius 1 is 1.12 bits per heavy atom. The van der Waals surface area contributed by atoms with Crippen molar-refractivity contribution < 1.29 is 22.7 Å². The number of carbonyl (C=O) groups is 1. The van der Waals surface area contributed by atoms with Crippen LogP contribution in [0.1, 0.15) is 29.0 Å². The molecule has 1 atom stereocenters. The van der Waals surface area contributed by atoms with Crippen LogP contribution < -0.4 is 5.32 Å². The van der Waals surface area contributed by atoms with Crippen LogP contribution in [0.25, 0.3) is 5.57 Å². The Balaban J connectivity index is 2.02. The predicted molar refractivity (Wildman–Crippen MR) is 92.2 cm³/mol. The molecule has 26 heavy (non-hydrogen) atoms. The van der Waals surface area contributed by atoms with Gasteiger partial charge in [-0.2, -0.15) is 13.2 Å². The number of nitrogens with one attached hydrogen (secondary N) is 1. The number of halogens is 3. The van der Waals surface area contributed by atoms with Crippen LogP contribution in [0.4, 0.5) is 13.2 Å². The molecule has 0 aliphatic heterocycles. The lowest BCUT2D eigenvalue weighted by Crippen LogP contribution is -2.16. The lowest BCUT2D eigenvalue weighted by atomic mass is 9.92. The SMILES string of the molecule is COCNC1=C(c2cccc(C(F)(F)F)c2)C(=O)C(c2ccccc2)C1. The molecule has 0 heterocycles. The summed E-state index contributed by atoms with van der Waals surface area (Å²) in [4.78, 5) is 13.0. The van der Waals surface area contributed by atoms with E-state index in [1.54, 1.807) is 0 Å².